The molecule has 1 aliphatic rings. The number of benzene rings is 1. The Morgan fingerprint density at radius 3 is 2.54 bits per heavy atom. The lowest BCUT2D eigenvalue weighted by Crippen LogP contribution is -2.39. The number of aryl methyl sites for hydroxylation is 2. The molecule has 5 nitrogen and oxygen atoms in total. The Kier molecular flexibility index (Phi) is 6.37. The summed E-state index contributed by atoms with van der Waals surface area (Å²) in [5, 5.41) is 5.90. The Balaban J connectivity index is 1.87. The van der Waals surface area contributed by atoms with E-state index in [1.165, 1.54) is 0 Å². The van der Waals surface area contributed by atoms with Crippen molar-refractivity contribution in [3.05, 3.63) is 29.3 Å². The molecule has 0 spiro atoms. The first-order valence-electron chi connectivity index (χ1n) is 8.75. The molecule has 0 unspecified atom stereocenters. The van der Waals surface area contributed by atoms with Crippen LogP contribution in [0.5, 0.6) is 0 Å². The average Bonchev–Trinajstić information content (AvgIpc) is 3.31. The normalized spacial score (nSPS) is 14.1. The first-order valence-corrected chi connectivity index (χ1v) is 8.75. The van der Waals surface area contributed by atoms with E-state index in [0.29, 0.717) is 25.6 Å². The molecular weight excluding hydrogens is 302 g/mol. The summed E-state index contributed by atoms with van der Waals surface area (Å²) in [5.74, 6) is 0.0328. The topological polar surface area (TPSA) is 61.4 Å². The van der Waals surface area contributed by atoms with Gasteiger partial charge in [0.2, 0.25) is 11.8 Å². The molecule has 0 heterocycles. The minimum absolute atomic E-state index is 0.0140. The molecule has 0 radical (unpaired) electrons. The van der Waals surface area contributed by atoms with Crippen molar-refractivity contribution in [1.82, 2.24) is 10.2 Å². The van der Waals surface area contributed by atoms with E-state index in [-0.39, 0.29) is 17.9 Å². The predicted octanol–water partition coefficient (Wildman–Crippen LogP) is 2.62. The number of nitrogens with zero attached hydrogens (tertiary/aromatic N) is 1. The van der Waals surface area contributed by atoms with E-state index < -0.39 is 0 Å². The quantitative estimate of drug-likeness (QED) is 0.770. The van der Waals surface area contributed by atoms with Crippen LogP contribution in [0.1, 0.15) is 44.2 Å². The van der Waals surface area contributed by atoms with E-state index in [1.807, 2.05) is 45.9 Å². The highest BCUT2D eigenvalue weighted by Crippen LogP contribution is 2.27. The lowest BCUT2D eigenvalue weighted by Gasteiger charge is -2.22. The van der Waals surface area contributed by atoms with Crippen molar-refractivity contribution in [3.8, 4) is 0 Å². The largest absolute Gasteiger partial charge is 0.354 e. The van der Waals surface area contributed by atoms with Crippen LogP contribution < -0.4 is 10.6 Å². The zero-order valence-electron chi connectivity index (χ0n) is 15.2. The van der Waals surface area contributed by atoms with Gasteiger partial charge in [-0.05, 0) is 57.7 Å². The van der Waals surface area contributed by atoms with Crippen LogP contribution in [0, 0.1) is 13.8 Å². The van der Waals surface area contributed by atoms with Crippen molar-refractivity contribution in [2.24, 2.45) is 0 Å². The summed E-state index contributed by atoms with van der Waals surface area (Å²) in [5.41, 5.74) is 3.05. The molecule has 132 valence electrons. The van der Waals surface area contributed by atoms with Gasteiger partial charge in [0.25, 0.3) is 0 Å². The number of hydrogen-bond donors (Lipinski definition) is 2. The maximum atomic E-state index is 12.4. The van der Waals surface area contributed by atoms with Crippen molar-refractivity contribution >= 4 is 17.5 Å². The maximum absolute atomic E-state index is 12.4. The van der Waals surface area contributed by atoms with Crippen molar-refractivity contribution < 1.29 is 9.59 Å². The summed E-state index contributed by atoms with van der Waals surface area (Å²) < 4.78 is 0. The molecule has 1 aliphatic carbocycles. The number of nitrogens with one attached hydrogen (secondary N) is 2. The van der Waals surface area contributed by atoms with Crippen molar-refractivity contribution in [1.29, 1.82) is 0 Å². The van der Waals surface area contributed by atoms with Crippen molar-refractivity contribution in [2.45, 2.75) is 59.0 Å². The lowest BCUT2D eigenvalue weighted by atomic mass is 10.1. The van der Waals surface area contributed by atoms with Crippen LogP contribution in [0.15, 0.2) is 18.2 Å². The first kappa shape index (κ1) is 18.5. The van der Waals surface area contributed by atoms with Crippen LogP contribution in [-0.4, -0.2) is 41.9 Å². The summed E-state index contributed by atoms with van der Waals surface area (Å²) in [6, 6.07) is 6.64. The minimum Gasteiger partial charge on any atom is -0.354 e. The SMILES string of the molecule is Cc1ccc(C)c(NC(=O)CN(CCC(=O)NC(C)C)C2CC2)c1. The van der Waals surface area contributed by atoms with Crippen LogP contribution in [0.3, 0.4) is 0 Å². The van der Waals surface area contributed by atoms with Gasteiger partial charge >= 0.3 is 0 Å². The van der Waals surface area contributed by atoms with Gasteiger partial charge in [-0.3, -0.25) is 14.5 Å². The van der Waals surface area contributed by atoms with E-state index >= 15 is 0 Å². The van der Waals surface area contributed by atoms with Crippen LogP contribution in [0.25, 0.3) is 0 Å². The third kappa shape index (κ3) is 5.96. The van der Waals surface area contributed by atoms with Crippen molar-refractivity contribution in [3.63, 3.8) is 0 Å². The number of anilines is 1. The number of carbonyl (C=O) groups is 2. The fourth-order valence-electron chi connectivity index (χ4n) is 2.71. The highest BCUT2D eigenvalue weighted by molar-refractivity contribution is 5.93. The molecule has 2 rings (SSSR count). The number of carbonyl (C=O) groups excluding carboxylic acids is 2. The zero-order valence-corrected chi connectivity index (χ0v) is 15.2. The first-order chi connectivity index (χ1) is 11.3. The summed E-state index contributed by atoms with van der Waals surface area (Å²) in [4.78, 5) is 26.3. The van der Waals surface area contributed by atoms with Crippen LogP contribution in [-0.2, 0) is 9.59 Å². The maximum Gasteiger partial charge on any atom is 0.238 e. The second kappa shape index (κ2) is 8.29. The molecular formula is C19H29N3O2. The molecule has 2 N–H and O–H groups in total. The Labute approximate surface area is 144 Å². The summed E-state index contributed by atoms with van der Waals surface area (Å²) in [6.45, 7) is 8.88. The molecule has 2 amide bonds. The Morgan fingerprint density at radius 1 is 1.21 bits per heavy atom. The molecule has 0 bridgehead atoms. The van der Waals surface area contributed by atoms with Crippen LogP contribution in [0.2, 0.25) is 0 Å². The molecule has 1 fully saturated rings. The van der Waals surface area contributed by atoms with Gasteiger partial charge in [-0.25, -0.2) is 0 Å². The van der Waals surface area contributed by atoms with E-state index in [1.54, 1.807) is 0 Å². The molecule has 24 heavy (non-hydrogen) atoms. The smallest absolute Gasteiger partial charge is 0.238 e. The third-order valence-electron chi connectivity index (χ3n) is 4.15. The molecule has 0 aromatic heterocycles. The van der Waals surface area contributed by atoms with Gasteiger partial charge in [0.15, 0.2) is 0 Å². The Hall–Kier alpha value is -1.88. The Morgan fingerprint density at radius 2 is 1.92 bits per heavy atom. The molecule has 5 heteroatoms. The van der Waals surface area contributed by atoms with Gasteiger partial charge in [0.1, 0.15) is 0 Å². The summed E-state index contributed by atoms with van der Waals surface area (Å²) in [6.07, 6.45) is 2.66. The van der Waals surface area contributed by atoms with E-state index in [9.17, 15) is 9.59 Å². The molecule has 0 aliphatic heterocycles. The average molecular weight is 331 g/mol. The minimum atomic E-state index is -0.0140. The monoisotopic (exact) mass is 331 g/mol. The Bertz CT molecular complexity index is 594. The highest BCUT2D eigenvalue weighted by atomic mass is 16.2. The van der Waals surface area contributed by atoms with Gasteiger partial charge in [-0.15, -0.1) is 0 Å². The molecule has 0 atom stereocenters. The van der Waals surface area contributed by atoms with E-state index in [2.05, 4.69) is 15.5 Å². The molecule has 1 aromatic rings. The van der Waals surface area contributed by atoms with Crippen molar-refractivity contribution in [2.75, 3.05) is 18.4 Å². The van der Waals surface area contributed by atoms with E-state index in [0.717, 1.165) is 29.7 Å². The van der Waals surface area contributed by atoms with Crippen LogP contribution >= 0.6 is 0 Å². The van der Waals surface area contributed by atoms with Gasteiger partial charge < -0.3 is 10.6 Å². The summed E-state index contributed by atoms with van der Waals surface area (Å²) in [7, 11) is 0. The van der Waals surface area contributed by atoms with Gasteiger partial charge in [0.05, 0.1) is 6.54 Å². The highest BCUT2D eigenvalue weighted by Gasteiger charge is 2.30. The second-order valence-corrected chi connectivity index (χ2v) is 7.04. The fourth-order valence-corrected chi connectivity index (χ4v) is 2.71. The number of amides is 2. The zero-order chi connectivity index (χ0) is 17.7. The van der Waals surface area contributed by atoms with Gasteiger partial charge in [0, 0.05) is 30.7 Å². The third-order valence-corrected chi connectivity index (χ3v) is 4.15. The van der Waals surface area contributed by atoms with E-state index in [4.69, 9.17) is 0 Å². The fraction of sp³-hybridized carbons (Fsp3) is 0.579. The van der Waals surface area contributed by atoms with Gasteiger partial charge in [-0.1, -0.05) is 12.1 Å². The molecule has 1 aromatic carbocycles. The lowest BCUT2D eigenvalue weighted by molar-refractivity contribution is -0.123. The standard InChI is InChI=1S/C19H29N3O2/c1-13(2)20-18(23)9-10-22(16-7-8-16)12-19(24)21-17-11-14(3)5-6-15(17)4/h5-6,11,13,16H,7-10,12H2,1-4H3,(H,20,23)(H,21,24). The molecule has 1 saturated carbocycles. The number of rotatable bonds is 8. The number of hydrogen-bond acceptors (Lipinski definition) is 3. The predicted molar refractivity (Wildman–Crippen MR) is 97.0 cm³/mol. The molecule has 0 saturated heterocycles. The second-order valence-electron chi connectivity index (χ2n) is 7.04. The summed E-state index contributed by atoms with van der Waals surface area (Å²) >= 11 is 0. The van der Waals surface area contributed by atoms with Gasteiger partial charge in [-0.2, -0.15) is 0 Å². The van der Waals surface area contributed by atoms with Crippen LogP contribution in [0.4, 0.5) is 5.69 Å².